The van der Waals surface area contributed by atoms with Crippen LogP contribution in [0.4, 0.5) is 0 Å². The predicted molar refractivity (Wildman–Crippen MR) is 78.0 cm³/mol. The molecule has 1 heterocycles. The lowest BCUT2D eigenvalue weighted by atomic mass is 9.74. The molecule has 3 nitrogen and oxygen atoms in total. The second-order valence-electron chi connectivity index (χ2n) is 7.48. The van der Waals surface area contributed by atoms with Crippen LogP contribution >= 0.6 is 0 Å². The summed E-state index contributed by atoms with van der Waals surface area (Å²) in [7, 11) is 0. The fourth-order valence-corrected chi connectivity index (χ4v) is 3.90. The monoisotopic (exact) mass is 269 g/mol. The molecule has 2 aliphatic rings. The predicted octanol–water partition coefficient (Wildman–Crippen LogP) is 2.27. The van der Waals surface area contributed by atoms with Crippen LogP contribution in [0, 0.1) is 17.8 Å². The van der Waals surface area contributed by atoms with Gasteiger partial charge in [-0.3, -0.25) is 0 Å². The summed E-state index contributed by atoms with van der Waals surface area (Å²) >= 11 is 0. The van der Waals surface area contributed by atoms with E-state index >= 15 is 0 Å². The first kappa shape index (κ1) is 15.3. The van der Waals surface area contributed by atoms with Gasteiger partial charge in [0.15, 0.2) is 0 Å². The molecule has 0 aromatic heterocycles. The standard InChI is InChI=1S/C16H31NO2/c1-12(2)13-5-6-15(18)14(9-13)10-17-8-4-7-16(3,19)11-17/h12-15,18-19H,4-11H2,1-3H3. The molecule has 112 valence electrons. The highest BCUT2D eigenvalue weighted by atomic mass is 16.3. The Balaban J connectivity index is 1.89. The van der Waals surface area contributed by atoms with Crippen molar-refractivity contribution >= 4 is 0 Å². The highest BCUT2D eigenvalue weighted by Gasteiger charge is 2.34. The van der Waals surface area contributed by atoms with Gasteiger partial charge in [-0.1, -0.05) is 13.8 Å². The average Bonchev–Trinajstić information content (AvgIpc) is 2.30. The van der Waals surface area contributed by atoms with Crippen LogP contribution in [0.2, 0.25) is 0 Å². The molecule has 1 saturated carbocycles. The summed E-state index contributed by atoms with van der Waals surface area (Å²) in [4.78, 5) is 2.36. The van der Waals surface area contributed by atoms with E-state index in [0.717, 1.165) is 57.2 Å². The van der Waals surface area contributed by atoms with Gasteiger partial charge in [0.1, 0.15) is 0 Å². The first-order valence-corrected chi connectivity index (χ1v) is 8.00. The van der Waals surface area contributed by atoms with E-state index < -0.39 is 5.60 Å². The molecule has 1 aliphatic heterocycles. The molecule has 1 aliphatic carbocycles. The molecule has 0 spiro atoms. The van der Waals surface area contributed by atoms with Crippen molar-refractivity contribution in [2.24, 2.45) is 17.8 Å². The van der Waals surface area contributed by atoms with Crippen LogP contribution in [0.3, 0.4) is 0 Å². The van der Waals surface area contributed by atoms with Gasteiger partial charge in [0.05, 0.1) is 11.7 Å². The molecule has 0 aromatic carbocycles. The molecule has 3 heteroatoms. The number of hydrogen-bond donors (Lipinski definition) is 2. The molecule has 4 atom stereocenters. The van der Waals surface area contributed by atoms with Crippen molar-refractivity contribution in [3.63, 3.8) is 0 Å². The molecule has 0 radical (unpaired) electrons. The van der Waals surface area contributed by atoms with Crippen LogP contribution in [0.5, 0.6) is 0 Å². The third-order valence-corrected chi connectivity index (χ3v) is 5.17. The first-order valence-electron chi connectivity index (χ1n) is 8.00. The normalized spacial score (nSPS) is 41.7. The molecular weight excluding hydrogens is 238 g/mol. The van der Waals surface area contributed by atoms with Gasteiger partial charge in [0, 0.05) is 13.1 Å². The number of aliphatic hydroxyl groups excluding tert-OH is 1. The van der Waals surface area contributed by atoms with Crippen molar-refractivity contribution in [3.05, 3.63) is 0 Å². The van der Waals surface area contributed by atoms with Crippen molar-refractivity contribution < 1.29 is 10.2 Å². The van der Waals surface area contributed by atoms with Gasteiger partial charge in [-0.2, -0.15) is 0 Å². The lowest BCUT2D eigenvalue weighted by Gasteiger charge is -2.42. The summed E-state index contributed by atoms with van der Waals surface area (Å²) in [5.41, 5.74) is -0.532. The van der Waals surface area contributed by atoms with Gasteiger partial charge in [-0.05, 0) is 63.3 Å². The van der Waals surface area contributed by atoms with Crippen LogP contribution in [0.1, 0.15) is 52.9 Å². The van der Waals surface area contributed by atoms with Crippen LogP contribution in [0.15, 0.2) is 0 Å². The molecule has 0 amide bonds. The lowest BCUT2D eigenvalue weighted by Crippen LogP contribution is -2.49. The maximum Gasteiger partial charge on any atom is 0.0746 e. The summed E-state index contributed by atoms with van der Waals surface area (Å²) in [6.45, 7) is 9.33. The number of rotatable bonds is 3. The Morgan fingerprint density at radius 2 is 2.05 bits per heavy atom. The van der Waals surface area contributed by atoms with Gasteiger partial charge in [0.2, 0.25) is 0 Å². The quantitative estimate of drug-likeness (QED) is 0.826. The summed E-state index contributed by atoms with van der Waals surface area (Å²) in [5.74, 6) is 1.88. The van der Waals surface area contributed by atoms with E-state index in [0.29, 0.717) is 5.92 Å². The Labute approximate surface area is 118 Å². The summed E-state index contributed by atoms with van der Waals surface area (Å²) in [6, 6.07) is 0. The molecule has 0 bridgehead atoms. The van der Waals surface area contributed by atoms with Crippen LogP contribution in [-0.4, -0.2) is 46.5 Å². The molecular formula is C16H31NO2. The van der Waals surface area contributed by atoms with E-state index in [1.54, 1.807) is 0 Å². The van der Waals surface area contributed by atoms with Crippen molar-refractivity contribution in [2.75, 3.05) is 19.6 Å². The average molecular weight is 269 g/mol. The molecule has 19 heavy (non-hydrogen) atoms. The topological polar surface area (TPSA) is 43.7 Å². The van der Waals surface area contributed by atoms with E-state index in [9.17, 15) is 10.2 Å². The van der Waals surface area contributed by atoms with Gasteiger partial charge in [-0.15, -0.1) is 0 Å². The second-order valence-corrected chi connectivity index (χ2v) is 7.48. The van der Waals surface area contributed by atoms with E-state index in [2.05, 4.69) is 18.7 Å². The largest absolute Gasteiger partial charge is 0.393 e. The zero-order chi connectivity index (χ0) is 14.0. The SMILES string of the molecule is CC(C)C1CCC(O)C(CN2CCCC(C)(O)C2)C1. The van der Waals surface area contributed by atoms with E-state index in [1.165, 1.54) is 6.42 Å². The fourth-order valence-electron chi connectivity index (χ4n) is 3.90. The lowest BCUT2D eigenvalue weighted by molar-refractivity contribution is -0.0390. The van der Waals surface area contributed by atoms with Crippen molar-refractivity contribution in [1.82, 2.24) is 4.90 Å². The maximum atomic E-state index is 10.2. The smallest absolute Gasteiger partial charge is 0.0746 e. The highest BCUT2D eigenvalue weighted by Crippen LogP contribution is 2.35. The Hall–Kier alpha value is -0.120. The molecule has 0 aromatic rings. The third kappa shape index (κ3) is 4.17. The van der Waals surface area contributed by atoms with Crippen molar-refractivity contribution in [2.45, 2.75) is 64.6 Å². The molecule has 4 unspecified atom stereocenters. The van der Waals surface area contributed by atoms with E-state index in [-0.39, 0.29) is 6.10 Å². The van der Waals surface area contributed by atoms with Crippen molar-refractivity contribution in [1.29, 1.82) is 0 Å². The van der Waals surface area contributed by atoms with Crippen LogP contribution in [0.25, 0.3) is 0 Å². The molecule has 1 saturated heterocycles. The Morgan fingerprint density at radius 3 is 2.68 bits per heavy atom. The number of piperidine rings is 1. The molecule has 2 rings (SSSR count). The highest BCUT2D eigenvalue weighted by molar-refractivity contribution is 4.87. The van der Waals surface area contributed by atoms with Gasteiger partial charge in [-0.25, -0.2) is 0 Å². The number of β-amino-alcohol motifs (C(OH)–C–C–N with tert-alkyl or cyclic N) is 1. The maximum absolute atomic E-state index is 10.2. The van der Waals surface area contributed by atoms with Gasteiger partial charge < -0.3 is 15.1 Å². The fraction of sp³-hybridized carbons (Fsp3) is 1.00. The summed E-state index contributed by atoms with van der Waals surface area (Å²) in [5, 5.41) is 20.4. The Bertz CT molecular complexity index is 290. The minimum Gasteiger partial charge on any atom is -0.393 e. The van der Waals surface area contributed by atoms with Crippen LogP contribution < -0.4 is 0 Å². The Morgan fingerprint density at radius 1 is 1.32 bits per heavy atom. The summed E-state index contributed by atoms with van der Waals surface area (Å²) < 4.78 is 0. The minimum atomic E-state index is -0.532. The number of aliphatic hydroxyl groups is 2. The van der Waals surface area contributed by atoms with Gasteiger partial charge >= 0.3 is 0 Å². The number of likely N-dealkylation sites (tertiary alicyclic amines) is 1. The summed E-state index contributed by atoms with van der Waals surface area (Å²) in [6.07, 6.45) is 5.12. The van der Waals surface area contributed by atoms with Crippen molar-refractivity contribution in [3.8, 4) is 0 Å². The zero-order valence-electron chi connectivity index (χ0n) is 12.8. The number of nitrogens with zero attached hydrogens (tertiary/aromatic N) is 1. The van der Waals surface area contributed by atoms with E-state index in [4.69, 9.17) is 0 Å². The third-order valence-electron chi connectivity index (χ3n) is 5.17. The van der Waals surface area contributed by atoms with Crippen LogP contribution in [-0.2, 0) is 0 Å². The minimum absolute atomic E-state index is 0.137. The van der Waals surface area contributed by atoms with E-state index in [1.807, 2.05) is 6.92 Å². The second kappa shape index (κ2) is 6.11. The first-order chi connectivity index (χ1) is 8.87. The molecule has 2 N–H and O–H groups in total. The molecule has 2 fully saturated rings. The van der Waals surface area contributed by atoms with Gasteiger partial charge in [0.25, 0.3) is 0 Å². The number of hydrogen-bond acceptors (Lipinski definition) is 3. The Kier molecular flexibility index (Phi) is 4.91. The zero-order valence-corrected chi connectivity index (χ0v) is 12.8.